The number of benzene rings is 3. The molecule has 0 aromatic heterocycles. The van der Waals surface area contributed by atoms with Crippen molar-refractivity contribution >= 4 is 18.3 Å². The fourth-order valence-electron chi connectivity index (χ4n) is 4.31. The maximum atomic E-state index is 15.2. The Hall–Kier alpha value is -3.31. The molecule has 188 valence electrons. The Labute approximate surface area is 216 Å². The first-order chi connectivity index (χ1) is 17.0. The molecule has 3 aromatic carbocycles. The summed E-state index contributed by atoms with van der Waals surface area (Å²) in [6.07, 6.45) is 1.44. The minimum absolute atomic E-state index is 0. The molecule has 0 bridgehead atoms. The lowest BCUT2D eigenvalue weighted by atomic mass is 9.91. The number of methoxy groups -OCH3 is 1. The molecule has 5 nitrogen and oxygen atoms in total. The van der Waals surface area contributed by atoms with Gasteiger partial charge in [-0.15, -0.1) is 12.4 Å². The molecule has 0 unspecified atom stereocenters. The number of nitrogens with zero attached hydrogens (tertiary/aromatic N) is 2. The summed E-state index contributed by atoms with van der Waals surface area (Å²) >= 11 is 0. The van der Waals surface area contributed by atoms with Crippen molar-refractivity contribution in [1.82, 2.24) is 10.2 Å². The van der Waals surface area contributed by atoms with E-state index in [1.54, 1.807) is 42.3 Å². The zero-order valence-electron chi connectivity index (χ0n) is 20.0. The molecule has 4 rings (SSSR count). The molecule has 0 spiro atoms. The number of carbonyl (C=O) groups excluding carboxylic acids is 1. The molecule has 0 atom stereocenters. The average molecular weight is 512 g/mol. The number of carbonyl (C=O) groups is 1. The Balaban J connectivity index is 0.00000361. The van der Waals surface area contributed by atoms with Gasteiger partial charge in [0, 0.05) is 37.9 Å². The molecule has 0 radical (unpaired) electrons. The molecule has 1 aliphatic rings. The van der Waals surface area contributed by atoms with E-state index in [1.165, 1.54) is 18.2 Å². The standard InChI is InChI=1S/C28H27F2N3O2.ClH/c1-35-14-9-19-3-7-24(27(30)15-19)23-8-6-21(28(34)33-12-2-10-32-11-13-33)16-25(23)20-4-5-22(18-31)26(29)17-20;/h3-8,15-17,32H,2,9-14H2,1H3;1H. The van der Waals surface area contributed by atoms with Crippen LogP contribution in [0.1, 0.15) is 27.9 Å². The van der Waals surface area contributed by atoms with Gasteiger partial charge in [-0.1, -0.05) is 24.3 Å². The zero-order chi connectivity index (χ0) is 24.8. The van der Waals surface area contributed by atoms with Crippen molar-refractivity contribution in [2.45, 2.75) is 12.8 Å². The third-order valence-electron chi connectivity index (χ3n) is 6.21. The number of hydrogen-bond donors (Lipinski definition) is 1. The third kappa shape index (κ3) is 6.08. The van der Waals surface area contributed by atoms with Crippen molar-refractivity contribution in [3.63, 3.8) is 0 Å². The van der Waals surface area contributed by atoms with Gasteiger partial charge in [0.15, 0.2) is 0 Å². The lowest BCUT2D eigenvalue weighted by Gasteiger charge is -2.21. The highest BCUT2D eigenvalue weighted by Crippen LogP contribution is 2.36. The summed E-state index contributed by atoms with van der Waals surface area (Å²) in [7, 11) is 1.60. The Morgan fingerprint density at radius 1 is 1.00 bits per heavy atom. The quantitative estimate of drug-likeness (QED) is 0.493. The van der Waals surface area contributed by atoms with Crippen LogP contribution in [0.3, 0.4) is 0 Å². The van der Waals surface area contributed by atoms with Crippen LogP contribution in [-0.2, 0) is 11.2 Å². The first-order valence-electron chi connectivity index (χ1n) is 11.6. The maximum absolute atomic E-state index is 15.2. The molecule has 1 N–H and O–H groups in total. The molecule has 1 aliphatic heterocycles. The van der Waals surface area contributed by atoms with Crippen LogP contribution in [0, 0.1) is 23.0 Å². The highest BCUT2D eigenvalue weighted by Gasteiger charge is 2.20. The number of nitrogens with one attached hydrogen (secondary N) is 1. The van der Waals surface area contributed by atoms with Crippen molar-refractivity contribution in [2.24, 2.45) is 0 Å². The number of rotatable bonds is 6. The molecule has 1 saturated heterocycles. The molecule has 8 heteroatoms. The van der Waals surface area contributed by atoms with Gasteiger partial charge in [-0.2, -0.15) is 5.26 Å². The third-order valence-corrected chi connectivity index (χ3v) is 6.21. The topological polar surface area (TPSA) is 65.4 Å². The largest absolute Gasteiger partial charge is 0.384 e. The van der Waals surface area contributed by atoms with E-state index in [0.717, 1.165) is 25.1 Å². The van der Waals surface area contributed by atoms with Crippen molar-refractivity contribution in [3.8, 4) is 28.3 Å². The minimum Gasteiger partial charge on any atom is -0.384 e. The van der Waals surface area contributed by atoms with E-state index in [4.69, 9.17) is 10.00 Å². The van der Waals surface area contributed by atoms with Crippen molar-refractivity contribution in [3.05, 3.63) is 82.9 Å². The predicted octanol–water partition coefficient (Wildman–Crippen LogP) is 5.22. The van der Waals surface area contributed by atoms with Crippen LogP contribution in [0.2, 0.25) is 0 Å². The molecule has 36 heavy (non-hydrogen) atoms. The summed E-state index contributed by atoms with van der Waals surface area (Å²) in [6, 6.07) is 16.2. The molecular weight excluding hydrogens is 484 g/mol. The zero-order valence-corrected chi connectivity index (χ0v) is 20.8. The molecule has 1 amide bonds. The molecule has 1 heterocycles. The Morgan fingerprint density at radius 3 is 2.53 bits per heavy atom. The first kappa shape index (κ1) is 27.3. The fraction of sp³-hybridized carbons (Fsp3) is 0.286. The van der Waals surface area contributed by atoms with Crippen LogP contribution in [-0.4, -0.2) is 50.7 Å². The summed E-state index contributed by atoms with van der Waals surface area (Å²) in [5.41, 5.74) is 3.06. The van der Waals surface area contributed by atoms with Crippen LogP contribution in [0.5, 0.6) is 0 Å². The molecule has 1 fully saturated rings. The van der Waals surface area contributed by atoms with Crippen LogP contribution in [0.15, 0.2) is 54.6 Å². The SMILES string of the molecule is COCCc1ccc(-c2ccc(C(=O)N3CCCNCC3)cc2-c2ccc(C#N)c(F)c2)c(F)c1.Cl. The van der Waals surface area contributed by atoms with Gasteiger partial charge in [0.05, 0.1) is 12.2 Å². The van der Waals surface area contributed by atoms with E-state index in [-0.39, 0.29) is 23.9 Å². The summed E-state index contributed by atoms with van der Waals surface area (Å²) in [4.78, 5) is 15.1. The maximum Gasteiger partial charge on any atom is 0.253 e. The van der Waals surface area contributed by atoms with Gasteiger partial charge in [-0.25, -0.2) is 8.78 Å². The average Bonchev–Trinajstić information content (AvgIpc) is 3.16. The highest BCUT2D eigenvalue weighted by atomic mass is 35.5. The van der Waals surface area contributed by atoms with E-state index in [0.29, 0.717) is 53.9 Å². The van der Waals surface area contributed by atoms with Crippen LogP contribution >= 0.6 is 12.4 Å². The van der Waals surface area contributed by atoms with Gasteiger partial charge in [-0.3, -0.25) is 4.79 Å². The number of hydrogen-bond acceptors (Lipinski definition) is 4. The summed E-state index contributed by atoms with van der Waals surface area (Å²) in [5, 5.41) is 12.4. The molecule has 3 aromatic rings. The van der Waals surface area contributed by atoms with E-state index >= 15 is 4.39 Å². The van der Waals surface area contributed by atoms with E-state index in [2.05, 4.69) is 5.32 Å². The molecule has 0 saturated carbocycles. The van der Waals surface area contributed by atoms with Crippen molar-refractivity contribution < 1.29 is 18.3 Å². The fourth-order valence-corrected chi connectivity index (χ4v) is 4.31. The number of ether oxygens (including phenoxy) is 1. The smallest absolute Gasteiger partial charge is 0.253 e. The number of nitriles is 1. The summed E-state index contributed by atoms with van der Waals surface area (Å²) < 4.78 is 34.8. The van der Waals surface area contributed by atoms with E-state index < -0.39 is 11.6 Å². The van der Waals surface area contributed by atoms with Gasteiger partial charge < -0.3 is 15.0 Å². The van der Waals surface area contributed by atoms with Gasteiger partial charge in [-0.05, 0) is 72.0 Å². The van der Waals surface area contributed by atoms with E-state index in [9.17, 15) is 9.18 Å². The first-order valence-corrected chi connectivity index (χ1v) is 11.6. The predicted molar refractivity (Wildman–Crippen MR) is 138 cm³/mol. The van der Waals surface area contributed by atoms with Crippen LogP contribution in [0.4, 0.5) is 8.78 Å². The van der Waals surface area contributed by atoms with Gasteiger partial charge in [0.25, 0.3) is 5.91 Å². The second-order valence-corrected chi connectivity index (χ2v) is 8.52. The van der Waals surface area contributed by atoms with Crippen LogP contribution in [0.25, 0.3) is 22.3 Å². The lowest BCUT2D eigenvalue weighted by Crippen LogP contribution is -2.34. The van der Waals surface area contributed by atoms with Crippen molar-refractivity contribution in [2.75, 3.05) is 39.9 Å². The summed E-state index contributed by atoms with van der Waals surface area (Å²) in [5.74, 6) is -1.20. The molecule has 0 aliphatic carbocycles. The normalized spacial score (nSPS) is 13.4. The second-order valence-electron chi connectivity index (χ2n) is 8.52. The van der Waals surface area contributed by atoms with Crippen LogP contribution < -0.4 is 5.32 Å². The summed E-state index contributed by atoms with van der Waals surface area (Å²) in [6.45, 7) is 3.30. The monoisotopic (exact) mass is 511 g/mol. The number of amides is 1. The van der Waals surface area contributed by atoms with Gasteiger partial charge >= 0.3 is 0 Å². The number of halogens is 3. The Kier molecular flexibility index (Phi) is 9.54. The van der Waals surface area contributed by atoms with Gasteiger partial charge in [0.1, 0.15) is 17.7 Å². The van der Waals surface area contributed by atoms with Gasteiger partial charge in [0.2, 0.25) is 0 Å². The minimum atomic E-state index is -0.665. The Morgan fingerprint density at radius 2 is 1.81 bits per heavy atom. The molecular formula is C28H28ClF2N3O2. The van der Waals surface area contributed by atoms with Crippen molar-refractivity contribution in [1.29, 1.82) is 5.26 Å². The highest BCUT2D eigenvalue weighted by molar-refractivity contribution is 5.98. The second kappa shape index (κ2) is 12.6. The lowest BCUT2D eigenvalue weighted by molar-refractivity contribution is 0.0766. The van der Waals surface area contributed by atoms with E-state index in [1.807, 2.05) is 12.1 Å². The Bertz CT molecular complexity index is 1270.